The SMILES string of the molecule is COC(Br)C(N)=O. The number of carbonyl (C=O) groups is 1. The predicted molar refractivity (Wildman–Crippen MR) is 28.9 cm³/mol. The molecule has 0 aliphatic rings. The smallest absolute Gasteiger partial charge is 0.257 e. The Hall–Kier alpha value is -0.0900. The van der Waals surface area contributed by atoms with Crippen molar-refractivity contribution in [3.8, 4) is 0 Å². The highest BCUT2D eigenvalue weighted by Gasteiger charge is 2.05. The van der Waals surface area contributed by atoms with E-state index in [4.69, 9.17) is 5.73 Å². The van der Waals surface area contributed by atoms with Gasteiger partial charge in [0.25, 0.3) is 5.91 Å². The third-order valence-corrected chi connectivity index (χ3v) is 1.26. The number of hydrogen-bond acceptors (Lipinski definition) is 2. The van der Waals surface area contributed by atoms with Crippen molar-refractivity contribution in [3.63, 3.8) is 0 Å². The summed E-state index contributed by atoms with van der Waals surface area (Å²) in [7, 11) is 1.39. The van der Waals surface area contributed by atoms with Crippen LogP contribution in [0.4, 0.5) is 0 Å². The summed E-state index contributed by atoms with van der Waals surface area (Å²) in [5.74, 6) is -0.512. The summed E-state index contributed by atoms with van der Waals surface area (Å²) in [6, 6.07) is 0. The maximum absolute atomic E-state index is 9.98. The average Bonchev–Trinajstić information content (AvgIpc) is 1.65. The van der Waals surface area contributed by atoms with Crippen LogP contribution < -0.4 is 5.73 Å². The molecule has 0 aromatic rings. The largest absolute Gasteiger partial charge is 0.367 e. The maximum atomic E-state index is 9.98. The van der Waals surface area contributed by atoms with E-state index in [2.05, 4.69) is 20.7 Å². The molecule has 1 unspecified atom stereocenters. The van der Waals surface area contributed by atoms with E-state index in [9.17, 15) is 4.79 Å². The van der Waals surface area contributed by atoms with E-state index in [0.29, 0.717) is 0 Å². The molecular formula is C3H6BrNO2. The standard InChI is InChI=1S/C3H6BrNO2/c1-7-2(4)3(5)6/h2H,1H3,(H2,5,6). The number of amides is 1. The minimum atomic E-state index is -0.646. The highest BCUT2D eigenvalue weighted by atomic mass is 79.9. The quantitative estimate of drug-likeness (QED) is 0.582. The molecule has 1 amide bonds. The van der Waals surface area contributed by atoms with Crippen LogP contribution in [0.2, 0.25) is 0 Å². The Labute approximate surface area is 50.0 Å². The molecule has 1 atom stereocenters. The number of carbonyl (C=O) groups excluding carboxylic acids is 1. The average molecular weight is 168 g/mol. The Morgan fingerprint density at radius 2 is 2.43 bits per heavy atom. The molecule has 42 valence electrons. The van der Waals surface area contributed by atoms with Crippen LogP contribution in [0.3, 0.4) is 0 Å². The van der Waals surface area contributed by atoms with E-state index in [1.807, 2.05) is 0 Å². The molecule has 0 heterocycles. The summed E-state index contributed by atoms with van der Waals surface area (Å²) in [5.41, 5.74) is 4.74. The number of ether oxygens (including phenoxy) is 1. The van der Waals surface area contributed by atoms with Gasteiger partial charge < -0.3 is 10.5 Å². The highest BCUT2D eigenvalue weighted by Crippen LogP contribution is 1.95. The van der Waals surface area contributed by atoms with Crippen LogP contribution in [0.1, 0.15) is 0 Å². The lowest BCUT2D eigenvalue weighted by atomic mass is 10.7. The fourth-order valence-electron chi connectivity index (χ4n) is 0.116. The van der Waals surface area contributed by atoms with Crippen molar-refractivity contribution in [2.75, 3.05) is 7.11 Å². The normalized spacial score (nSPS) is 13.4. The molecule has 4 heteroatoms. The Bertz CT molecular complexity index is 75.3. The highest BCUT2D eigenvalue weighted by molar-refractivity contribution is 9.09. The molecule has 0 aromatic heterocycles. The number of methoxy groups -OCH3 is 1. The third kappa shape index (κ3) is 2.59. The van der Waals surface area contributed by atoms with Gasteiger partial charge in [-0.05, 0) is 15.9 Å². The van der Waals surface area contributed by atoms with Gasteiger partial charge in [-0.2, -0.15) is 0 Å². The van der Waals surface area contributed by atoms with Crippen molar-refractivity contribution in [1.29, 1.82) is 0 Å². The second kappa shape index (κ2) is 2.98. The van der Waals surface area contributed by atoms with Gasteiger partial charge in [-0.15, -0.1) is 0 Å². The molecular weight excluding hydrogens is 162 g/mol. The Kier molecular flexibility index (Phi) is 2.95. The summed E-state index contributed by atoms with van der Waals surface area (Å²) in [5, 5.41) is -0.646. The molecule has 2 N–H and O–H groups in total. The first-order valence-corrected chi connectivity index (χ1v) is 2.56. The van der Waals surface area contributed by atoms with E-state index in [-0.39, 0.29) is 0 Å². The molecule has 0 spiro atoms. The Morgan fingerprint density at radius 3 is 2.43 bits per heavy atom. The summed E-state index contributed by atoms with van der Waals surface area (Å²) in [6.07, 6.45) is 0. The fourth-order valence-corrected chi connectivity index (χ4v) is 0.116. The van der Waals surface area contributed by atoms with Crippen molar-refractivity contribution in [1.82, 2.24) is 0 Å². The zero-order valence-electron chi connectivity index (χ0n) is 3.85. The third-order valence-electron chi connectivity index (χ3n) is 0.431. The van der Waals surface area contributed by atoms with Crippen molar-refractivity contribution in [2.45, 2.75) is 5.01 Å². The summed E-state index contributed by atoms with van der Waals surface area (Å²) in [6.45, 7) is 0. The number of hydrogen-bond donors (Lipinski definition) is 1. The van der Waals surface area contributed by atoms with Gasteiger partial charge in [0.15, 0.2) is 5.01 Å². The fraction of sp³-hybridized carbons (Fsp3) is 0.667. The molecule has 0 aliphatic carbocycles. The van der Waals surface area contributed by atoms with Gasteiger partial charge in [0.1, 0.15) is 0 Å². The number of rotatable bonds is 2. The lowest BCUT2D eigenvalue weighted by Gasteiger charge is -1.98. The van der Waals surface area contributed by atoms with Crippen LogP contribution in [0.25, 0.3) is 0 Å². The summed E-state index contributed by atoms with van der Waals surface area (Å²) >= 11 is 2.84. The second-order valence-electron chi connectivity index (χ2n) is 0.954. The topological polar surface area (TPSA) is 52.3 Å². The zero-order valence-corrected chi connectivity index (χ0v) is 5.44. The Balaban J connectivity index is 3.34. The van der Waals surface area contributed by atoms with E-state index in [1.54, 1.807) is 0 Å². The monoisotopic (exact) mass is 167 g/mol. The van der Waals surface area contributed by atoms with Crippen molar-refractivity contribution in [2.24, 2.45) is 5.73 Å². The van der Waals surface area contributed by atoms with Gasteiger partial charge in [-0.3, -0.25) is 4.79 Å². The van der Waals surface area contributed by atoms with Crippen LogP contribution in [0.5, 0.6) is 0 Å². The number of primary amides is 1. The molecule has 0 radical (unpaired) electrons. The van der Waals surface area contributed by atoms with Gasteiger partial charge in [-0.25, -0.2) is 0 Å². The van der Waals surface area contributed by atoms with Crippen LogP contribution in [0, 0.1) is 0 Å². The number of nitrogens with two attached hydrogens (primary N) is 1. The van der Waals surface area contributed by atoms with Crippen molar-refractivity contribution < 1.29 is 9.53 Å². The van der Waals surface area contributed by atoms with Gasteiger partial charge >= 0.3 is 0 Å². The molecule has 0 aliphatic heterocycles. The summed E-state index contributed by atoms with van der Waals surface area (Å²) < 4.78 is 4.45. The molecule has 0 aromatic carbocycles. The van der Waals surface area contributed by atoms with Gasteiger partial charge in [0, 0.05) is 7.11 Å². The molecule has 0 bridgehead atoms. The maximum Gasteiger partial charge on any atom is 0.257 e. The molecule has 0 rings (SSSR count). The zero-order chi connectivity index (χ0) is 5.86. The van der Waals surface area contributed by atoms with E-state index < -0.39 is 10.9 Å². The van der Waals surface area contributed by atoms with Crippen molar-refractivity contribution in [3.05, 3.63) is 0 Å². The van der Waals surface area contributed by atoms with Gasteiger partial charge in [-0.1, -0.05) is 0 Å². The predicted octanol–water partition coefficient (Wildman–Crippen LogP) is -0.161. The van der Waals surface area contributed by atoms with Crippen molar-refractivity contribution >= 4 is 21.8 Å². The van der Waals surface area contributed by atoms with Gasteiger partial charge in [0.2, 0.25) is 0 Å². The van der Waals surface area contributed by atoms with E-state index in [1.165, 1.54) is 7.11 Å². The lowest BCUT2D eigenvalue weighted by Crippen LogP contribution is -2.24. The second-order valence-corrected chi connectivity index (χ2v) is 1.79. The lowest BCUT2D eigenvalue weighted by molar-refractivity contribution is -0.122. The molecule has 0 saturated carbocycles. The van der Waals surface area contributed by atoms with E-state index >= 15 is 0 Å². The minimum Gasteiger partial charge on any atom is -0.367 e. The van der Waals surface area contributed by atoms with Crippen LogP contribution in [-0.4, -0.2) is 18.0 Å². The number of halogens is 1. The first-order valence-electron chi connectivity index (χ1n) is 1.64. The van der Waals surface area contributed by atoms with Gasteiger partial charge in [0.05, 0.1) is 0 Å². The molecule has 3 nitrogen and oxygen atoms in total. The van der Waals surface area contributed by atoms with Crippen LogP contribution >= 0.6 is 15.9 Å². The number of alkyl halides is 1. The molecule has 7 heavy (non-hydrogen) atoms. The first-order chi connectivity index (χ1) is 3.18. The first kappa shape index (κ1) is 6.91. The van der Waals surface area contributed by atoms with E-state index in [0.717, 1.165) is 0 Å². The van der Waals surface area contributed by atoms with Crippen LogP contribution in [-0.2, 0) is 9.53 Å². The minimum absolute atomic E-state index is 0.512. The Morgan fingerprint density at radius 1 is 2.00 bits per heavy atom. The van der Waals surface area contributed by atoms with Crippen LogP contribution in [0.15, 0.2) is 0 Å². The molecule has 0 saturated heterocycles. The molecule has 0 fully saturated rings. The summed E-state index contributed by atoms with van der Waals surface area (Å²) in [4.78, 5) is 9.98.